The molecule has 0 bridgehead atoms. The van der Waals surface area contributed by atoms with Crippen LogP contribution in [0.2, 0.25) is 0 Å². The van der Waals surface area contributed by atoms with Gasteiger partial charge in [0.1, 0.15) is 11.4 Å². The van der Waals surface area contributed by atoms with E-state index in [0.29, 0.717) is 6.04 Å². The van der Waals surface area contributed by atoms with Crippen molar-refractivity contribution >= 4 is 0 Å². The van der Waals surface area contributed by atoms with Gasteiger partial charge >= 0.3 is 0 Å². The molecular formula is C17H27NO. The highest BCUT2D eigenvalue weighted by atomic mass is 16.5. The van der Waals surface area contributed by atoms with Crippen LogP contribution in [0.3, 0.4) is 0 Å². The molecule has 0 radical (unpaired) electrons. The van der Waals surface area contributed by atoms with Crippen molar-refractivity contribution in [2.75, 3.05) is 6.54 Å². The van der Waals surface area contributed by atoms with Gasteiger partial charge in [-0.15, -0.1) is 0 Å². The number of unbranched alkanes of at least 4 members (excludes halogenated alkanes) is 1. The van der Waals surface area contributed by atoms with Gasteiger partial charge in [-0.1, -0.05) is 45.4 Å². The Morgan fingerprint density at radius 3 is 2.63 bits per heavy atom. The number of nitrogens with one attached hydrogen (secondary N) is 1. The molecule has 1 unspecified atom stereocenters. The molecule has 0 spiro atoms. The van der Waals surface area contributed by atoms with Crippen LogP contribution in [0.5, 0.6) is 5.75 Å². The molecule has 0 saturated carbocycles. The molecule has 0 aliphatic carbocycles. The fourth-order valence-electron chi connectivity index (χ4n) is 2.94. The molecule has 0 fully saturated rings. The van der Waals surface area contributed by atoms with Gasteiger partial charge in [-0.25, -0.2) is 0 Å². The summed E-state index contributed by atoms with van der Waals surface area (Å²) < 4.78 is 6.31. The Morgan fingerprint density at radius 2 is 1.95 bits per heavy atom. The molecule has 1 aliphatic heterocycles. The zero-order valence-corrected chi connectivity index (χ0v) is 12.5. The quantitative estimate of drug-likeness (QED) is 0.763. The van der Waals surface area contributed by atoms with Crippen molar-refractivity contribution < 1.29 is 4.74 Å². The number of ether oxygens (including phenoxy) is 1. The van der Waals surface area contributed by atoms with Crippen LogP contribution in [0.25, 0.3) is 0 Å². The molecule has 1 N–H and O–H groups in total. The molecule has 1 aromatic carbocycles. The molecule has 1 aliphatic rings. The molecule has 0 saturated heterocycles. The Kier molecular flexibility index (Phi) is 4.87. The lowest BCUT2D eigenvalue weighted by Gasteiger charge is -2.42. The van der Waals surface area contributed by atoms with Crippen LogP contribution in [0.1, 0.15) is 64.5 Å². The van der Waals surface area contributed by atoms with Gasteiger partial charge in [-0.3, -0.25) is 0 Å². The summed E-state index contributed by atoms with van der Waals surface area (Å²) in [6.45, 7) is 7.81. The molecule has 2 rings (SSSR count). The minimum atomic E-state index is 0.0121. The van der Waals surface area contributed by atoms with E-state index in [9.17, 15) is 0 Å². The van der Waals surface area contributed by atoms with Crippen molar-refractivity contribution in [3.8, 4) is 5.75 Å². The van der Waals surface area contributed by atoms with E-state index in [-0.39, 0.29) is 5.60 Å². The lowest BCUT2D eigenvalue weighted by Crippen LogP contribution is -2.43. The van der Waals surface area contributed by atoms with E-state index >= 15 is 0 Å². The number of rotatable bonds is 6. The monoisotopic (exact) mass is 261 g/mol. The third-order valence-electron chi connectivity index (χ3n) is 4.41. The largest absolute Gasteiger partial charge is 0.487 e. The predicted molar refractivity (Wildman–Crippen MR) is 80.7 cm³/mol. The first-order valence-corrected chi connectivity index (χ1v) is 7.76. The first-order chi connectivity index (χ1) is 9.24. The van der Waals surface area contributed by atoms with Crippen molar-refractivity contribution in [3.05, 3.63) is 29.8 Å². The van der Waals surface area contributed by atoms with E-state index < -0.39 is 0 Å². The predicted octanol–water partition coefficient (Wildman–Crippen LogP) is 4.46. The number of hydrogen-bond donors (Lipinski definition) is 1. The average molecular weight is 261 g/mol. The van der Waals surface area contributed by atoms with Crippen LogP contribution >= 0.6 is 0 Å². The number of benzene rings is 1. The Morgan fingerprint density at radius 1 is 1.21 bits per heavy atom. The zero-order chi connectivity index (χ0) is 13.7. The minimum Gasteiger partial charge on any atom is -0.487 e. The second-order valence-corrected chi connectivity index (χ2v) is 5.59. The summed E-state index contributed by atoms with van der Waals surface area (Å²) in [5.74, 6) is 1.08. The van der Waals surface area contributed by atoms with E-state index in [2.05, 4.69) is 50.4 Å². The van der Waals surface area contributed by atoms with Gasteiger partial charge in [0.15, 0.2) is 0 Å². The highest BCUT2D eigenvalue weighted by Crippen LogP contribution is 2.42. The van der Waals surface area contributed by atoms with Gasteiger partial charge in [-0.2, -0.15) is 0 Å². The molecule has 19 heavy (non-hydrogen) atoms. The molecule has 1 atom stereocenters. The van der Waals surface area contributed by atoms with Gasteiger partial charge in [0.2, 0.25) is 0 Å². The lowest BCUT2D eigenvalue weighted by atomic mass is 9.83. The maximum atomic E-state index is 6.31. The molecule has 2 heteroatoms. The molecule has 1 heterocycles. The first-order valence-electron chi connectivity index (χ1n) is 7.76. The Bertz CT molecular complexity index is 398. The van der Waals surface area contributed by atoms with Gasteiger partial charge in [0, 0.05) is 18.0 Å². The van der Waals surface area contributed by atoms with E-state index in [1.165, 1.54) is 18.4 Å². The molecule has 1 aromatic rings. The fourth-order valence-corrected chi connectivity index (χ4v) is 2.94. The Labute approximate surface area is 117 Å². The third kappa shape index (κ3) is 3.11. The zero-order valence-electron chi connectivity index (χ0n) is 12.5. The molecule has 0 amide bonds. The van der Waals surface area contributed by atoms with Gasteiger partial charge in [0.25, 0.3) is 0 Å². The van der Waals surface area contributed by atoms with Crippen LogP contribution in [0.15, 0.2) is 24.3 Å². The van der Waals surface area contributed by atoms with Gasteiger partial charge in [-0.05, 0) is 31.9 Å². The first kappa shape index (κ1) is 14.4. The SMILES string of the molecule is CCCCNC1CC(CC)(CC)Oc2ccccc21. The topological polar surface area (TPSA) is 21.3 Å². The summed E-state index contributed by atoms with van der Waals surface area (Å²) in [6.07, 6.45) is 5.71. The second kappa shape index (κ2) is 6.42. The van der Waals surface area contributed by atoms with Crippen molar-refractivity contribution in [1.82, 2.24) is 5.32 Å². The summed E-state index contributed by atoms with van der Waals surface area (Å²) in [7, 11) is 0. The fraction of sp³-hybridized carbons (Fsp3) is 0.647. The average Bonchev–Trinajstić information content (AvgIpc) is 2.47. The summed E-state index contributed by atoms with van der Waals surface area (Å²) >= 11 is 0. The van der Waals surface area contributed by atoms with E-state index in [4.69, 9.17) is 4.74 Å². The van der Waals surface area contributed by atoms with Crippen LogP contribution in [-0.4, -0.2) is 12.1 Å². The molecular weight excluding hydrogens is 234 g/mol. The summed E-state index contributed by atoms with van der Waals surface area (Å²) in [6, 6.07) is 8.94. The smallest absolute Gasteiger partial charge is 0.124 e. The summed E-state index contributed by atoms with van der Waals surface area (Å²) in [4.78, 5) is 0. The van der Waals surface area contributed by atoms with Crippen molar-refractivity contribution in [2.45, 2.75) is 64.5 Å². The number of hydrogen-bond acceptors (Lipinski definition) is 2. The third-order valence-corrected chi connectivity index (χ3v) is 4.41. The van der Waals surface area contributed by atoms with Gasteiger partial charge in [0.05, 0.1) is 0 Å². The number of fused-ring (bicyclic) bond motifs is 1. The van der Waals surface area contributed by atoms with E-state index in [1.807, 2.05) is 0 Å². The summed E-state index contributed by atoms with van der Waals surface area (Å²) in [5.41, 5.74) is 1.34. The maximum Gasteiger partial charge on any atom is 0.124 e. The molecule has 106 valence electrons. The van der Waals surface area contributed by atoms with Crippen LogP contribution < -0.4 is 10.1 Å². The van der Waals surface area contributed by atoms with Crippen LogP contribution in [-0.2, 0) is 0 Å². The second-order valence-electron chi connectivity index (χ2n) is 5.59. The maximum absolute atomic E-state index is 6.31. The highest BCUT2D eigenvalue weighted by molar-refractivity contribution is 5.38. The highest BCUT2D eigenvalue weighted by Gasteiger charge is 2.37. The van der Waals surface area contributed by atoms with Crippen molar-refractivity contribution in [3.63, 3.8) is 0 Å². The normalized spacial score (nSPS) is 20.7. The van der Waals surface area contributed by atoms with Crippen LogP contribution in [0, 0.1) is 0 Å². The lowest BCUT2D eigenvalue weighted by molar-refractivity contribution is 0.0228. The van der Waals surface area contributed by atoms with Crippen molar-refractivity contribution in [1.29, 1.82) is 0 Å². The van der Waals surface area contributed by atoms with Crippen molar-refractivity contribution in [2.24, 2.45) is 0 Å². The standard InChI is InChI=1S/C17H27NO/c1-4-7-12-18-15-13-17(5-2,6-3)19-16-11-9-8-10-14(15)16/h8-11,15,18H,4-7,12-13H2,1-3H3. The van der Waals surface area contributed by atoms with E-state index in [0.717, 1.165) is 31.6 Å². The minimum absolute atomic E-state index is 0.0121. The summed E-state index contributed by atoms with van der Waals surface area (Å²) in [5, 5.41) is 3.72. The van der Waals surface area contributed by atoms with Gasteiger partial charge < -0.3 is 10.1 Å². The molecule has 0 aromatic heterocycles. The van der Waals surface area contributed by atoms with E-state index in [1.54, 1.807) is 0 Å². The van der Waals surface area contributed by atoms with Crippen LogP contribution in [0.4, 0.5) is 0 Å². The number of para-hydroxylation sites is 1. The Balaban J connectivity index is 2.21. The molecule has 2 nitrogen and oxygen atoms in total. The Hall–Kier alpha value is -1.02.